The van der Waals surface area contributed by atoms with Crippen LogP contribution in [0.5, 0.6) is 0 Å². The molecule has 0 amide bonds. The van der Waals surface area contributed by atoms with Crippen molar-refractivity contribution in [3.8, 4) is 33.6 Å². The number of fused-ring (bicyclic) bond motifs is 6. The van der Waals surface area contributed by atoms with Gasteiger partial charge < -0.3 is 9.13 Å². The topological polar surface area (TPSA) is 22.8 Å². The second kappa shape index (κ2) is 11.5. The molecule has 0 spiro atoms. The number of pyridine rings is 1. The molecule has 3 nitrogen and oxygen atoms in total. The summed E-state index contributed by atoms with van der Waals surface area (Å²) in [6, 6.07) is 56.7. The SMILES string of the molecule is Cc1cc[c-]c(-n2c3ccccc3c3cc4c5ccccc5n(-c5[c-]c(-c6ccc(-c7ccccc7)cc6C)ccc5)c4nc32)c1.[Pt+2]. The molecule has 3 aromatic heterocycles. The number of hydrogen-bond acceptors (Lipinski definition) is 1. The van der Waals surface area contributed by atoms with Gasteiger partial charge >= 0.3 is 21.1 Å². The van der Waals surface area contributed by atoms with Crippen LogP contribution in [-0.4, -0.2) is 14.1 Å². The summed E-state index contributed by atoms with van der Waals surface area (Å²) >= 11 is 0. The first-order chi connectivity index (χ1) is 22.6. The van der Waals surface area contributed by atoms with Crippen LogP contribution in [0.1, 0.15) is 11.1 Å². The predicted molar refractivity (Wildman–Crippen MR) is 191 cm³/mol. The van der Waals surface area contributed by atoms with Gasteiger partial charge in [0.05, 0.1) is 11.0 Å². The molecule has 0 aliphatic rings. The molecule has 9 rings (SSSR count). The largest absolute Gasteiger partial charge is 2.00 e. The average Bonchev–Trinajstić information content (AvgIpc) is 3.60. The smallest absolute Gasteiger partial charge is 0.318 e. The van der Waals surface area contributed by atoms with Crippen LogP contribution in [0.25, 0.3) is 77.5 Å². The molecule has 0 N–H and O–H groups in total. The summed E-state index contributed by atoms with van der Waals surface area (Å²) in [5.74, 6) is 0. The third-order valence-electron chi connectivity index (χ3n) is 9.10. The van der Waals surface area contributed by atoms with E-state index >= 15 is 0 Å². The van der Waals surface area contributed by atoms with Crippen LogP contribution in [-0.2, 0) is 21.1 Å². The van der Waals surface area contributed by atoms with Gasteiger partial charge in [0, 0.05) is 21.5 Å². The van der Waals surface area contributed by atoms with Crippen LogP contribution in [0, 0.1) is 26.0 Å². The van der Waals surface area contributed by atoms with Gasteiger partial charge in [0.15, 0.2) is 0 Å². The van der Waals surface area contributed by atoms with Gasteiger partial charge in [-0.2, -0.15) is 23.8 Å². The molecule has 0 atom stereocenters. The minimum absolute atomic E-state index is 0. The van der Waals surface area contributed by atoms with E-state index in [0.717, 1.165) is 50.0 Å². The molecule has 0 saturated heterocycles. The Balaban J connectivity index is 0.00000324. The minimum atomic E-state index is 0. The molecule has 4 heteroatoms. The fraction of sp³-hybridized carbons (Fsp3) is 0.0465. The maximum atomic E-state index is 5.49. The van der Waals surface area contributed by atoms with E-state index in [0.29, 0.717) is 0 Å². The molecule has 0 radical (unpaired) electrons. The molecule has 0 unspecified atom stereocenters. The van der Waals surface area contributed by atoms with E-state index in [1.807, 2.05) is 6.07 Å². The summed E-state index contributed by atoms with van der Waals surface area (Å²) < 4.78 is 4.51. The molecule has 226 valence electrons. The van der Waals surface area contributed by atoms with Gasteiger partial charge in [-0.15, -0.1) is 35.9 Å². The molecule has 9 aromatic rings. The van der Waals surface area contributed by atoms with E-state index in [9.17, 15) is 0 Å². The fourth-order valence-electron chi connectivity index (χ4n) is 6.95. The van der Waals surface area contributed by atoms with Gasteiger partial charge in [-0.25, -0.2) is 4.98 Å². The van der Waals surface area contributed by atoms with Crippen molar-refractivity contribution in [1.29, 1.82) is 0 Å². The quantitative estimate of drug-likeness (QED) is 0.163. The summed E-state index contributed by atoms with van der Waals surface area (Å²) in [5.41, 5.74) is 13.1. The monoisotopic (exact) mass is 782 g/mol. The van der Waals surface area contributed by atoms with Crippen molar-refractivity contribution in [2.45, 2.75) is 13.8 Å². The van der Waals surface area contributed by atoms with E-state index < -0.39 is 0 Å². The summed E-state index contributed by atoms with van der Waals surface area (Å²) in [4.78, 5) is 5.49. The molecule has 0 bridgehead atoms. The first kappa shape index (κ1) is 29.2. The zero-order valence-corrected chi connectivity index (χ0v) is 28.2. The van der Waals surface area contributed by atoms with E-state index in [-0.39, 0.29) is 21.1 Å². The van der Waals surface area contributed by atoms with Gasteiger partial charge in [-0.05, 0) is 41.9 Å². The number of rotatable bonds is 4. The molecule has 0 aliphatic carbocycles. The Morgan fingerprint density at radius 2 is 1.19 bits per heavy atom. The summed E-state index contributed by atoms with van der Waals surface area (Å²) in [6.45, 7) is 4.30. The van der Waals surface area contributed by atoms with E-state index in [1.54, 1.807) is 0 Å². The van der Waals surface area contributed by atoms with Crippen molar-refractivity contribution >= 4 is 43.9 Å². The van der Waals surface area contributed by atoms with Crippen molar-refractivity contribution in [2.75, 3.05) is 0 Å². The van der Waals surface area contributed by atoms with Gasteiger partial charge in [-0.3, -0.25) is 0 Å². The third kappa shape index (κ3) is 4.73. The third-order valence-corrected chi connectivity index (χ3v) is 9.10. The predicted octanol–water partition coefficient (Wildman–Crippen LogP) is 10.8. The molecular weight excluding hydrogens is 754 g/mol. The van der Waals surface area contributed by atoms with Crippen LogP contribution in [0.15, 0.2) is 140 Å². The maximum Gasteiger partial charge on any atom is 2.00 e. The Bertz CT molecular complexity index is 2610. The number of aromatic nitrogens is 3. The molecule has 0 aliphatic heterocycles. The number of nitrogens with zero attached hydrogens (tertiary/aromatic N) is 3. The fourth-order valence-corrected chi connectivity index (χ4v) is 6.95. The molecule has 3 heterocycles. The van der Waals surface area contributed by atoms with Gasteiger partial charge in [0.1, 0.15) is 11.3 Å². The summed E-state index contributed by atoms with van der Waals surface area (Å²) in [5, 5.41) is 4.61. The van der Waals surface area contributed by atoms with Crippen molar-refractivity contribution in [1.82, 2.24) is 14.1 Å². The Labute approximate surface area is 288 Å². The summed E-state index contributed by atoms with van der Waals surface area (Å²) in [7, 11) is 0. The standard InChI is InChI=1S/C43H29N3.Pt/c1-28-12-10-16-33(24-28)45-40-20-8-6-18-36(40)38-27-39-37-19-7-9-21-41(37)46(43(39)44-42(38)45)34-17-11-15-32(26-34)35-23-22-31(25-29(35)2)30-13-4-3-5-14-30;/h3-15,17-25,27H,1-2H3;/q-2;+2. The van der Waals surface area contributed by atoms with Crippen molar-refractivity contribution < 1.29 is 21.1 Å². The van der Waals surface area contributed by atoms with Crippen LogP contribution in [0.3, 0.4) is 0 Å². The Kier molecular flexibility index (Phi) is 7.16. The molecule has 0 saturated carbocycles. The van der Waals surface area contributed by atoms with Crippen LogP contribution in [0.2, 0.25) is 0 Å². The van der Waals surface area contributed by atoms with Gasteiger partial charge in [0.25, 0.3) is 0 Å². The van der Waals surface area contributed by atoms with E-state index in [4.69, 9.17) is 4.98 Å². The minimum Gasteiger partial charge on any atom is -0.318 e. The number of para-hydroxylation sites is 2. The number of aryl methyl sites for hydroxylation is 2. The van der Waals surface area contributed by atoms with Crippen LogP contribution < -0.4 is 0 Å². The zero-order valence-electron chi connectivity index (χ0n) is 25.9. The number of benzene rings is 6. The van der Waals surface area contributed by atoms with Crippen molar-refractivity contribution in [3.05, 3.63) is 163 Å². The Hall–Kier alpha value is -5.24. The molecule has 0 fully saturated rings. The van der Waals surface area contributed by atoms with Crippen molar-refractivity contribution in [3.63, 3.8) is 0 Å². The van der Waals surface area contributed by atoms with E-state index in [1.165, 1.54) is 38.6 Å². The molecule has 6 aromatic carbocycles. The van der Waals surface area contributed by atoms with Crippen molar-refractivity contribution in [2.24, 2.45) is 0 Å². The second-order valence-electron chi connectivity index (χ2n) is 12.0. The van der Waals surface area contributed by atoms with E-state index in [2.05, 4.69) is 169 Å². The summed E-state index contributed by atoms with van der Waals surface area (Å²) in [6.07, 6.45) is 0. The van der Waals surface area contributed by atoms with Gasteiger partial charge in [0.2, 0.25) is 0 Å². The average molecular weight is 783 g/mol. The normalized spacial score (nSPS) is 11.4. The zero-order chi connectivity index (χ0) is 30.8. The Morgan fingerprint density at radius 3 is 1.87 bits per heavy atom. The number of hydrogen-bond donors (Lipinski definition) is 0. The first-order valence-corrected chi connectivity index (χ1v) is 15.7. The second-order valence-corrected chi connectivity index (χ2v) is 12.0. The molecule has 47 heavy (non-hydrogen) atoms. The van der Waals surface area contributed by atoms with Gasteiger partial charge in [-0.1, -0.05) is 109 Å². The first-order valence-electron chi connectivity index (χ1n) is 15.7. The van der Waals surface area contributed by atoms with Crippen LogP contribution >= 0.6 is 0 Å². The molecular formula is C43H29N3Pt. The van der Waals surface area contributed by atoms with Crippen LogP contribution in [0.4, 0.5) is 0 Å². The maximum absolute atomic E-state index is 5.49. The Morgan fingerprint density at radius 1 is 0.532 bits per heavy atom.